The van der Waals surface area contributed by atoms with Crippen LogP contribution in [-0.2, 0) is 9.53 Å². The minimum Gasteiger partial charge on any atom is -0.466 e. The fraction of sp³-hybridized carbons (Fsp3) is 0.750. The Morgan fingerprint density at radius 3 is 2.86 bits per heavy atom. The Morgan fingerprint density at radius 2 is 2.29 bits per heavy atom. The molecule has 1 aliphatic carbocycles. The SMILES string of the molecule is CCCCOC(=O)CC1C=CC(C)C1. The van der Waals surface area contributed by atoms with Gasteiger partial charge in [0.1, 0.15) is 0 Å². The lowest BCUT2D eigenvalue weighted by atomic mass is 10.0. The second kappa shape index (κ2) is 5.84. The third kappa shape index (κ3) is 3.95. The van der Waals surface area contributed by atoms with Crippen LogP contribution in [-0.4, -0.2) is 12.6 Å². The lowest BCUT2D eigenvalue weighted by molar-refractivity contribution is -0.144. The number of carbonyl (C=O) groups excluding carboxylic acids is 1. The molecule has 0 spiro atoms. The summed E-state index contributed by atoms with van der Waals surface area (Å²) < 4.78 is 5.11. The molecule has 0 saturated carbocycles. The molecule has 0 fully saturated rings. The Bertz CT molecular complexity index is 208. The van der Waals surface area contributed by atoms with E-state index < -0.39 is 0 Å². The molecule has 2 atom stereocenters. The van der Waals surface area contributed by atoms with Crippen LogP contribution in [0.25, 0.3) is 0 Å². The van der Waals surface area contributed by atoms with Gasteiger partial charge in [0.2, 0.25) is 0 Å². The normalized spacial score (nSPS) is 25.3. The highest BCUT2D eigenvalue weighted by molar-refractivity contribution is 5.70. The van der Waals surface area contributed by atoms with Gasteiger partial charge in [-0.2, -0.15) is 0 Å². The highest BCUT2D eigenvalue weighted by Crippen LogP contribution is 2.25. The number of unbranched alkanes of at least 4 members (excludes halogenated alkanes) is 1. The number of hydrogen-bond donors (Lipinski definition) is 0. The van der Waals surface area contributed by atoms with Crippen LogP contribution in [0, 0.1) is 11.8 Å². The van der Waals surface area contributed by atoms with Gasteiger partial charge < -0.3 is 4.74 Å². The van der Waals surface area contributed by atoms with Crippen LogP contribution >= 0.6 is 0 Å². The van der Waals surface area contributed by atoms with E-state index in [2.05, 4.69) is 26.0 Å². The van der Waals surface area contributed by atoms with Gasteiger partial charge in [-0.15, -0.1) is 0 Å². The third-order valence-electron chi connectivity index (χ3n) is 2.58. The van der Waals surface area contributed by atoms with Gasteiger partial charge in [0.15, 0.2) is 0 Å². The average molecular weight is 196 g/mol. The molecular formula is C12H20O2. The van der Waals surface area contributed by atoms with Crippen molar-refractivity contribution in [1.29, 1.82) is 0 Å². The van der Waals surface area contributed by atoms with Gasteiger partial charge in [0.25, 0.3) is 0 Å². The monoisotopic (exact) mass is 196 g/mol. The summed E-state index contributed by atoms with van der Waals surface area (Å²) >= 11 is 0. The zero-order valence-electron chi connectivity index (χ0n) is 9.16. The number of esters is 1. The van der Waals surface area contributed by atoms with Gasteiger partial charge in [0, 0.05) is 0 Å². The van der Waals surface area contributed by atoms with Crippen molar-refractivity contribution in [3.05, 3.63) is 12.2 Å². The predicted molar refractivity (Wildman–Crippen MR) is 56.9 cm³/mol. The first-order valence-electron chi connectivity index (χ1n) is 5.56. The molecule has 0 aromatic carbocycles. The minimum absolute atomic E-state index is 0.0396. The van der Waals surface area contributed by atoms with Crippen LogP contribution in [0.3, 0.4) is 0 Å². The fourth-order valence-corrected chi connectivity index (χ4v) is 1.74. The molecule has 1 rings (SSSR count). The summed E-state index contributed by atoms with van der Waals surface area (Å²) in [7, 11) is 0. The van der Waals surface area contributed by atoms with Gasteiger partial charge in [-0.1, -0.05) is 32.4 Å². The van der Waals surface area contributed by atoms with Crippen molar-refractivity contribution >= 4 is 5.97 Å². The van der Waals surface area contributed by atoms with Crippen molar-refractivity contribution in [3.8, 4) is 0 Å². The Kier molecular flexibility index (Phi) is 4.71. The van der Waals surface area contributed by atoms with Crippen molar-refractivity contribution in [2.24, 2.45) is 11.8 Å². The maximum Gasteiger partial charge on any atom is 0.306 e. The molecule has 2 nitrogen and oxygen atoms in total. The number of carbonyl (C=O) groups is 1. The Morgan fingerprint density at radius 1 is 1.50 bits per heavy atom. The standard InChI is InChI=1S/C12H20O2/c1-3-4-7-14-12(13)9-11-6-5-10(2)8-11/h5-6,10-11H,3-4,7-9H2,1-2H3. The molecule has 0 radical (unpaired) electrons. The first-order chi connectivity index (χ1) is 6.72. The summed E-state index contributed by atoms with van der Waals surface area (Å²) in [4.78, 5) is 11.3. The molecule has 14 heavy (non-hydrogen) atoms. The van der Waals surface area contributed by atoms with Crippen LogP contribution < -0.4 is 0 Å². The van der Waals surface area contributed by atoms with E-state index in [4.69, 9.17) is 4.74 Å². The molecule has 0 amide bonds. The molecule has 0 N–H and O–H groups in total. The smallest absolute Gasteiger partial charge is 0.306 e. The second-order valence-corrected chi connectivity index (χ2v) is 4.14. The largest absolute Gasteiger partial charge is 0.466 e. The molecule has 0 heterocycles. The van der Waals surface area contributed by atoms with Crippen LogP contribution in [0.5, 0.6) is 0 Å². The molecule has 0 aromatic heterocycles. The average Bonchev–Trinajstić information content (AvgIpc) is 2.52. The first-order valence-corrected chi connectivity index (χ1v) is 5.56. The third-order valence-corrected chi connectivity index (χ3v) is 2.58. The van der Waals surface area contributed by atoms with Crippen molar-refractivity contribution in [2.75, 3.05) is 6.61 Å². The molecule has 80 valence electrons. The van der Waals surface area contributed by atoms with Crippen molar-refractivity contribution < 1.29 is 9.53 Å². The summed E-state index contributed by atoms with van der Waals surface area (Å²) in [5.41, 5.74) is 0. The van der Waals surface area contributed by atoms with Gasteiger partial charge in [-0.3, -0.25) is 4.79 Å². The summed E-state index contributed by atoms with van der Waals surface area (Å²) in [6.45, 7) is 4.86. The van der Waals surface area contributed by atoms with E-state index in [-0.39, 0.29) is 5.97 Å². The van der Waals surface area contributed by atoms with E-state index in [1.165, 1.54) is 0 Å². The number of hydrogen-bond acceptors (Lipinski definition) is 2. The zero-order valence-corrected chi connectivity index (χ0v) is 9.16. The van der Waals surface area contributed by atoms with Crippen LogP contribution in [0.15, 0.2) is 12.2 Å². The van der Waals surface area contributed by atoms with Gasteiger partial charge in [0.05, 0.1) is 13.0 Å². The van der Waals surface area contributed by atoms with Crippen molar-refractivity contribution in [3.63, 3.8) is 0 Å². The van der Waals surface area contributed by atoms with Crippen LogP contribution in [0.4, 0.5) is 0 Å². The van der Waals surface area contributed by atoms with Gasteiger partial charge in [-0.05, 0) is 24.7 Å². The van der Waals surface area contributed by atoms with Crippen molar-refractivity contribution in [2.45, 2.75) is 39.5 Å². The number of allylic oxidation sites excluding steroid dienone is 2. The van der Waals surface area contributed by atoms with E-state index in [0.717, 1.165) is 19.3 Å². The fourth-order valence-electron chi connectivity index (χ4n) is 1.74. The summed E-state index contributed by atoms with van der Waals surface area (Å²) in [6, 6.07) is 0. The van der Waals surface area contributed by atoms with Gasteiger partial charge >= 0.3 is 5.97 Å². The summed E-state index contributed by atoms with van der Waals surface area (Å²) in [6.07, 6.45) is 8.04. The lowest BCUT2D eigenvalue weighted by Crippen LogP contribution is -2.10. The minimum atomic E-state index is -0.0396. The van der Waals surface area contributed by atoms with E-state index in [1.807, 2.05) is 0 Å². The number of ether oxygens (including phenoxy) is 1. The molecular weight excluding hydrogens is 176 g/mol. The Balaban J connectivity index is 2.12. The van der Waals surface area contributed by atoms with E-state index in [0.29, 0.717) is 24.9 Å². The quantitative estimate of drug-likeness (QED) is 0.384. The van der Waals surface area contributed by atoms with Crippen LogP contribution in [0.1, 0.15) is 39.5 Å². The maximum atomic E-state index is 11.3. The van der Waals surface area contributed by atoms with E-state index in [1.54, 1.807) is 0 Å². The van der Waals surface area contributed by atoms with Crippen molar-refractivity contribution in [1.82, 2.24) is 0 Å². The Hall–Kier alpha value is -0.790. The highest BCUT2D eigenvalue weighted by Gasteiger charge is 2.18. The molecule has 1 aliphatic rings. The predicted octanol–water partition coefficient (Wildman–Crippen LogP) is 2.93. The zero-order chi connectivity index (χ0) is 10.4. The van der Waals surface area contributed by atoms with Crippen LogP contribution in [0.2, 0.25) is 0 Å². The summed E-state index contributed by atoms with van der Waals surface area (Å²) in [5, 5.41) is 0. The molecule has 2 unspecified atom stereocenters. The maximum absolute atomic E-state index is 11.3. The number of rotatable bonds is 5. The van der Waals surface area contributed by atoms with E-state index >= 15 is 0 Å². The Labute approximate surface area is 86.3 Å². The topological polar surface area (TPSA) is 26.3 Å². The molecule has 0 bridgehead atoms. The summed E-state index contributed by atoms with van der Waals surface area (Å²) in [5.74, 6) is 1.00. The first kappa shape index (κ1) is 11.3. The van der Waals surface area contributed by atoms with Gasteiger partial charge in [-0.25, -0.2) is 0 Å². The van der Waals surface area contributed by atoms with E-state index in [9.17, 15) is 4.79 Å². The molecule has 2 heteroatoms. The second-order valence-electron chi connectivity index (χ2n) is 4.14. The molecule has 0 saturated heterocycles. The highest BCUT2D eigenvalue weighted by atomic mass is 16.5. The lowest BCUT2D eigenvalue weighted by Gasteiger charge is -2.08. The molecule has 0 aliphatic heterocycles. The molecule has 0 aromatic rings.